The van der Waals surface area contributed by atoms with Crippen LogP contribution in [0.15, 0.2) is 35.4 Å². The number of esters is 1. The lowest BCUT2D eigenvalue weighted by Crippen LogP contribution is -2.33. The minimum Gasteiger partial charge on any atom is -0.451 e. The molecular weight excluding hydrogens is 385 g/mol. The van der Waals surface area contributed by atoms with Crippen LogP contribution >= 0.6 is 11.3 Å². The summed E-state index contributed by atoms with van der Waals surface area (Å²) in [5.41, 5.74) is 0.755. The van der Waals surface area contributed by atoms with Crippen molar-refractivity contribution in [2.45, 2.75) is 33.4 Å². The Labute approximate surface area is 163 Å². The third-order valence-corrected chi connectivity index (χ3v) is 5.34. The standard InChI is InChI=1S/C19H18FN3O4S/c1-10-12(3)28-18-16(10)19(26)23(9-21-18)8-15(24)27-11(2)17(25)22-14-6-4-5-13(20)7-14/h4-7,9,11H,8H2,1-3H3,(H,22,25)/t11-/m1/s1. The van der Waals surface area contributed by atoms with Gasteiger partial charge in [0.1, 0.15) is 17.2 Å². The summed E-state index contributed by atoms with van der Waals surface area (Å²) in [7, 11) is 0. The van der Waals surface area contributed by atoms with Crippen LogP contribution in [-0.4, -0.2) is 27.5 Å². The van der Waals surface area contributed by atoms with Crippen molar-refractivity contribution in [3.8, 4) is 0 Å². The van der Waals surface area contributed by atoms with Crippen LogP contribution in [0.2, 0.25) is 0 Å². The van der Waals surface area contributed by atoms with Crippen molar-refractivity contribution in [1.82, 2.24) is 9.55 Å². The Kier molecular flexibility index (Phi) is 5.55. The van der Waals surface area contributed by atoms with Gasteiger partial charge in [-0.2, -0.15) is 0 Å². The highest BCUT2D eigenvalue weighted by Gasteiger charge is 2.20. The van der Waals surface area contributed by atoms with Gasteiger partial charge in [0.2, 0.25) is 0 Å². The van der Waals surface area contributed by atoms with E-state index in [0.29, 0.717) is 10.2 Å². The molecule has 3 rings (SSSR count). The van der Waals surface area contributed by atoms with Crippen molar-refractivity contribution in [3.05, 3.63) is 57.2 Å². The second kappa shape index (κ2) is 7.89. The summed E-state index contributed by atoms with van der Waals surface area (Å²) in [4.78, 5) is 42.7. The summed E-state index contributed by atoms with van der Waals surface area (Å²) in [5, 5.41) is 2.94. The molecule has 0 aliphatic heterocycles. The molecule has 3 aromatic rings. The van der Waals surface area contributed by atoms with E-state index in [2.05, 4.69) is 10.3 Å². The van der Waals surface area contributed by atoms with Crippen molar-refractivity contribution < 1.29 is 18.7 Å². The van der Waals surface area contributed by atoms with E-state index < -0.39 is 23.8 Å². The van der Waals surface area contributed by atoms with Crippen LogP contribution in [0.5, 0.6) is 0 Å². The maximum atomic E-state index is 13.2. The molecule has 0 aliphatic carbocycles. The Balaban J connectivity index is 1.67. The Morgan fingerprint density at radius 3 is 2.82 bits per heavy atom. The van der Waals surface area contributed by atoms with Gasteiger partial charge in [0.25, 0.3) is 11.5 Å². The van der Waals surface area contributed by atoms with Crippen LogP contribution < -0.4 is 10.9 Å². The Morgan fingerprint density at radius 2 is 2.11 bits per heavy atom. The SMILES string of the molecule is Cc1sc2ncn(CC(=O)O[C@H](C)C(=O)Nc3cccc(F)c3)c(=O)c2c1C. The van der Waals surface area contributed by atoms with Crippen LogP contribution in [0.1, 0.15) is 17.4 Å². The zero-order valence-electron chi connectivity index (χ0n) is 15.5. The normalized spacial score (nSPS) is 12.0. The average molecular weight is 403 g/mol. The van der Waals surface area contributed by atoms with E-state index in [0.717, 1.165) is 21.1 Å². The van der Waals surface area contributed by atoms with Crippen molar-refractivity contribution in [1.29, 1.82) is 0 Å². The molecule has 2 aromatic heterocycles. The van der Waals surface area contributed by atoms with E-state index in [1.165, 1.54) is 42.8 Å². The second-order valence-electron chi connectivity index (χ2n) is 6.27. The molecule has 1 amide bonds. The minimum absolute atomic E-state index is 0.252. The molecule has 2 heterocycles. The fourth-order valence-corrected chi connectivity index (χ4v) is 3.61. The van der Waals surface area contributed by atoms with Gasteiger partial charge < -0.3 is 10.1 Å². The molecule has 0 bridgehead atoms. The molecule has 0 unspecified atom stereocenters. The van der Waals surface area contributed by atoms with E-state index in [-0.39, 0.29) is 17.8 Å². The molecule has 9 heteroatoms. The molecular formula is C19H18FN3O4S. The van der Waals surface area contributed by atoms with Crippen molar-refractivity contribution >= 4 is 39.1 Å². The van der Waals surface area contributed by atoms with Gasteiger partial charge in [-0.15, -0.1) is 11.3 Å². The van der Waals surface area contributed by atoms with E-state index in [9.17, 15) is 18.8 Å². The van der Waals surface area contributed by atoms with E-state index in [1.54, 1.807) is 0 Å². The molecule has 1 N–H and O–H groups in total. The maximum absolute atomic E-state index is 13.2. The molecule has 7 nitrogen and oxygen atoms in total. The quantitative estimate of drug-likeness (QED) is 0.662. The molecule has 28 heavy (non-hydrogen) atoms. The maximum Gasteiger partial charge on any atom is 0.326 e. The minimum atomic E-state index is -1.12. The number of aryl methyl sites for hydroxylation is 2. The highest BCUT2D eigenvalue weighted by molar-refractivity contribution is 7.18. The molecule has 1 atom stereocenters. The first-order chi connectivity index (χ1) is 13.3. The average Bonchev–Trinajstić information content (AvgIpc) is 2.92. The van der Waals surface area contributed by atoms with E-state index in [4.69, 9.17) is 4.74 Å². The van der Waals surface area contributed by atoms with Crippen LogP contribution in [0.3, 0.4) is 0 Å². The monoisotopic (exact) mass is 403 g/mol. The van der Waals surface area contributed by atoms with Gasteiger partial charge in [0.05, 0.1) is 11.7 Å². The van der Waals surface area contributed by atoms with Gasteiger partial charge in [0, 0.05) is 10.6 Å². The van der Waals surface area contributed by atoms with Crippen LogP contribution in [0.4, 0.5) is 10.1 Å². The van der Waals surface area contributed by atoms with E-state index in [1.807, 2.05) is 13.8 Å². The zero-order chi connectivity index (χ0) is 20.4. The molecule has 0 radical (unpaired) electrons. The van der Waals surface area contributed by atoms with Crippen LogP contribution in [0.25, 0.3) is 10.2 Å². The predicted molar refractivity (Wildman–Crippen MR) is 104 cm³/mol. The number of nitrogens with zero attached hydrogens (tertiary/aromatic N) is 2. The number of halogens is 1. The number of carbonyl (C=O) groups excluding carboxylic acids is 2. The summed E-state index contributed by atoms with van der Waals surface area (Å²) in [5.74, 6) is -1.86. The highest BCUT2D eigenvalue weighted by Crippen LogP contribution is 2.25. The van der Waals surface area contributed by atoms with Crippen molar-refractivity contribution in [3.63, 3.8) is 0 Å². The Morgan fingerprint density at radius 1 is 1.36 bits per heavy atom. The number of thiophene rings is 1. The molecule has 146 valence electrons. The molecule has 0 saturated carbocycles. The first-order valence-corrected chi connectivity index (χ1v) is 9.29. The summed E-state index contributed by atoms with van der Waals surface area (Å²) in [6.45, 7) is 4.76. The lowest BCUT2D eigenvalue weighted by molar-refractivity contribution is -0.153. The number of hydrogen-bond acceptors (Lipinski definition) is 6. The smallest absolute Gasteiger partial charge is 0.326 e. The number of ether oxygens (including phenoxy) is 1. The number of aromatic nitrogens is 2. The lowest BCUT2D eigenvalue weighted by atomic mass is 10.2. The third-order valence-electron chi connectivity index (χ3n) is 4.22. The topological polar surface area (TPSA) is 90.3 Å². The fraction of sp³-hybridized carbons (Fsp3) is 0.263. The van der Waals surface area contributed by atoms with E-state index >= 15 is 0 Å². The van der Waals surface area contributed by atoms with Crippen molar-refractivity contribution in [2.24, 2.45) is 0 Å². The van der Waals surface area contributed by atoms with Gasteiger partial charge in [-0.25, -0.2) is 9.37 Å². The van der Waals surface area contributed by atoms with Gasteiger partial charge >= 0.3 is 5.97 Å². The summed E-state index contributed by atoms with van der Waals surface area (Å²) in [6, 6.07) is 5.36. The Hall–Kier alpha value is -3.07. The van der Waals surface area contributed by atoms with Crippen LogP contribution in [-0.2, 0) is 20.9 Å². The number of fused-ring (bicyclic) bond motifs is 1. The molecule has 0 spiro atoms. The third kappa shape index (κ3) is 4.09. The van der Waals surface area contributed by atoms with Crippen LogP contribution in [0, 0.1) is 19.7 Å². The van der Waals surface area contributed by atoms with Gasteiger partial charge in [0.15, 0.2) is 6.10 Å². The Bertz CT molecular complexity index is 1120. The molecule has 0 aliphatic rings. The first kappa shape index (κ1) is 19.7. The zero-order valence-corrected chi connectivity index (χ0v) is 16.3. The second-order valence-corrected chi connectivity index (χ2v) is 7.48. The predicted octanol–water partition coefficient (Wildman–Crippen LogP) is 2.78. The van der Waals surface area contributed by atoms with Gasteiger partial charge in [-0.05, 0) is 44.5 Å². The van der Waals surface area contributed by atoms with Crippen molar-refractivity contribution in [2.75, 3.05) is 5.32 Å². The number of amides is 1. The first-order valence-electron chi connectivity index (χ1n) is 8.47. The molecule has 0 saturated heterocycles. The number of anilines is 1. The number of hydrogen-bond donors (Lipinski definition) is 1. The number of carbonyl (C=O) groups is 2. The summed E-state index contributed by atoms with van der Waals surface area (Å²) in [6.07, 6.45) is 0.173. The highest BCUT2D eigenvalue weighted by atomic mass is 32.1. The number of rotatable bonds is 5. The fourth-order valence-electron chi connectivity index (χ4n) is 2.62. The summed E-state index contributed by atoms with van der Waals surface area (Å²) >= 11 is 1.42. The largest absolute Gasteiger partial charge is 0.451 e. The molecule has 1 aromatic carbocycles. The summed E-state index contributed by atoms with van der Waals surface area (Å²) < 4.78 is 19.4. The number of nitrogens with one attached hydrogen (secondary N) is 1. The van der Waals surface area contributed by atoms with Gasteiger partial charge in [-0.1, -0.05) is 6.07 Å². The lowest BCUT2D eigenvalue weighted by Gasteiger charge is -2.14. The molecule has 0 fully saturated rings. The number of benzene rings is 1. The van der Waals surface area contributed by atoms with Gasteiger partial charge in [-0.3, -0.25) is 19.0 Å².